The molecule has 3 amide bonds. The minimum Gasteiger partial charge on any atom is -0.480 e. The Morgan fingerprint density at radius 1 is 1.00 bits per heavy atom. The van der Waals surface area contributed by atoms with Gasteiger partial charge in [-0.15, -0.1) is 0 Å². The predicted molar refractivity (Wildman–Crippen MR) is 129 cm³/mol. The Balaban J connectivity index is 1.73. The Hall–Kier alpha value is -4.53. The third-order valence-electron chi connectivity index (χ3n) is 5.55. The number of para-hydroxylation sites is 1. The summed E-state index contributed by atoms with van der Waals surface area (Å²) in [7, 11) is 0. The number of benzene rings is 3. The van der Waals surface area contributed by atoms with Crippen LogP contribution in [0, 0.1) is 5.82 Å². The van der Waals surface area contributed by atoms with Gasteiger partial charge >= 0.3 is 12.0 Å². The van der Waals surface area contributed by atoms with Gasteiger partial charge in [0.25, 0.3) is 5.91 Å². The number of hydrogen-bond acceptors (Lipinski definition) is 4. The van der Waals surface area contributed by atoms with E-state index in [1.807, 2.05) is 30.3 Å². The first-order chi connectivity index (χ1) is 16.8. The number of halogens is 1. The molecule has 2 unspecified atom stereocenters. The molecule has 3 aromatic rings. The van der Waals surface area contributed by atoms with Crippen molar-refractivity contribution in [1.29, 1.82) is 0 Å². The van der Waals surface area contributed by atoms with E-state index < -0.39 is 36.4 Å². The molecule has 0 aromatic heterocycles. The van der Waals surface area contributed by atoms with Crippen LogP contribution in [0.3, 0.4) is 0 Å². The average molecular weight is 474 g/mol. The maximum Gasteiger partial charge on any atom is 0.323 e. The molecule has 0 aliphatic carbocycles. The van der Waals surface area contributed by atoms with E-state index in [1.165, 1.54) is 18.2 Å². The molecule has 3 aromatic carbocycles. The fourth-order valence-electron chi connectivity index (χ4n) is 3.88. The first-order valence-corrected chi connectivity index (χ1v) is 10.9. The van der Waals surface area contributed by atoms with E-state index in [0.29, 0.717) is 5.56 Å². The zero-order valence-electron chi connectivity index (χ0n) is 18.8. The third-order valence-corrected chi connectivity index (χ3v) is 5.55. The average Bonchev–Trinajstić information content (AvgIpc) is 2.95. The first kappa shape index (κ1) is 23.6. The second-order valence-electron chi connectivity index (χ2n) is 7.95. The summed E-state index contributed by atoms with van der Waals surface area (Å²) in [4.78, 5) is 43.3. The summed E-state index contributed by atoms with van der Waals surface area (Å²) in [6.07, 6.45) is -1.49. The lowest BCUT2D eigenvalue weighted by Crippen LogP contribution is -2.51. The topological polar surface area (TPSA) is 111 Å². The first-order valence-electron chi connectivity index (χ1n) is 10.9. The number of carboxylic acid groups (broad SMARTS) is 1. The number of urea groups is 1. The van der Waals surface area contributed by atoms with Crippen LogP contribution in [0.15, 0.2) is 83.9 Å². The van der Waals surface area contributed by atoms with Crippen LogP contribution in [0.25, 0.3) is 0 Å². The lowest BCUT2D eigenvalue weighted by molar-refractivity contribution is -0.136. The van der Waals surface area contributed by atoms with Crippen molar-refractivity contribution in [3.05, 3.63) is 101 Å². The zero-order valence-corrected chi connectivity index (χ0v) is 18.8. The molecule has 8 nitrogen and oxygen atoms in total. The Kier molecular flexibility index (Phi) is 6.86. The summed E-state index contributed by atoms with van der Waals surface area (Å²) >= 11 is 0. The van der Waals surface area contributed by atoms with Crippen molar-refractivity contribution in [2.24, 2.45) is 4.99 Å². The third kappa shape index (κ3) is 5.19. The zero-order chi connectivity index (χ0) is 24.9. The van der Waals surface area contributed by atoms with Gasteiger partial charge in [-0.1, -0.05) is 60.7 Å². The lowest BCUT2D eigenvalue weighted by Gasteiger charge is -2.24. The molecule has 9 heteroatoms. The van der Waals surface area contributed by atoms with Gasteiger partial charge in [0.05, 0.1) is 17.4 Å². The van der Waals surface area contributed by atoms with E-state index in [2.05, 4.69) is 15.6 Å². The number of carboxylic acids is 1. The molecule has 0 radical (unpaired) electrons. The smallest absolute Gasteiger partial charge is 0.323 e. The summed E-state index contributed by atoms with van der Waals surface area (Å²) in [6.45, 7) is 1.13. The van der Waals surface area contributed by atoms with Gasteiger partial charge in [0, 0.05) is 11.1 Å². The molecule has 35 heavy (non-hydrogen) atoms. The van der Waals surface area contributed by atoms with Crippen LogP contribution in [0.2, 0.25) is 0 Å². The van der Waals surface area contributed by atoms with Gasteiger partial charge in [-0.3, -0.25) is 14.5 Å². The highest BCUT2D eigenvalue weighted by Gasteiger charge is 2.34. The number of carbonyl (C=O) groups excluding carboxylic acids is 2. The standard InChI is InChI=1S/C26H23FN4O4/c1-16(17-9-3-2-4-10-17)28-26(35)30-24-25(34)31(15-22(32)33)21-14-8-6-12-19(21)23(29-24)18-11-5-7-13-20(18)27/h2-14,16,24H,15H2,1H3,(H,32,33)(H2,28,30,35). The number of amides is 3. The molecular weight excluding hydrogens is 451 g/mol. The maximum absolute atomic E-state index is 14.8. The highest BCUT2D eigenvalue weighted by molar-refractivity contribution is 6.20. The maximum atomic E-state index is 14.8. The molecular formula is C26H23FN4O4. The minimum absolute atomic E-state index is 0.120. The molecule has 1 aliphatic heterocycles. The lowest BCUT2D eigenvalue weighted by atomic mass is 10.00. The number of carbonyl (C=O) groups is 3. The number of benzodiazepines with no additional fused rings is 1. The molecule has 1 aliphatic rings. The second kappa shape index (κ2) is 10.2. The summed E-state index contributed by atoms with van der Waals surface area (Å²) in [5.41, 5.74) is 1.72. The molecule has 0 saturated heterocycles. The van der Waals surface area contributed by atoms with E-state index in [9.17, 15) is 23.9 Å². The Labute approximate surface area is 201 Å². The van der Waals surface area contributed by atoms with E-state index >= 15 is 0 Å². The number of anilines is 1. The fourth-order valence-corrected chi connectivity index (χ4v) is 3.88. The molecule has 2 atom stereocenters. The summed E-state index contributed by atoms with van der Waals surface area (Å²) in [5, 5.41) is 14.7. The SMILES string of the molecule is CC(NC(=O)NC1N=C(c2ccccc2F)c2ccccc2N(CC(=O)O)C1=O)c1ccccc1. The minimum atomic E-state index is -1.49. The van der Waals surface area contributed by atoms with Crippen LogP contribution in [-0.4, -0.2) is 41.4 Å². The van der Waals surface area contributed by atoms with Crippen molar-refractivity contribution in [3.8, 4) is 0 Å². The Bertz CT molecular complexity index is 1300. The molecule has 178 valence electrons. The molecule has 1 heterocycles. The number of fused-ring (bicyclic) bond motifs is 1. The number of rotatable bonds is 6. The van der Waals surface area contributed by atoms with E-state index in [4.69, 9.17) is 0 Å². The van der Waals surface area contributed by atoms with Crippen LogP contribution in [0.1, 0.15) is 29.7 Å². The largest absolute Gasteiger partial charge is 0.480 e. The number of nitrogens with zero attached hydrogens (tertiary/aromatic N) is 2. The van der Waals surface area contributed by atoms with Crippen molar-refractivity contribution >= 4 is 29.3 Å². The normalized spacial score (nSPS) is 15.9. The van der Waals surface area contributed by atoms with Crippen LogP contribution >= 0.6 is 0 Å². The van der Waals surface area contributed by atoms with Crippen molar-refractivity contribution in [2.45, 2.75) is 19.1 Å². The monoisotopic (exact) mass is 474 g/mol. The van der Waals surface area contributed by atoms with Gasteiger partial charge in [-0.05, 0) is 30.7 Å². The molecule has 0 saturated carbocycles. The van der Waals surface area contributed by atoms with Gasteiger partial charge < -0.3 is 15.7 Å². The Morgan fingerprint density at radius 3 is 2.31 bits per heavy atom. The van der Waals surface area contributed by atoms with Gasteiger partial charge in [0.15, 0.2) is 0 Å². The molecule has 3 N–H and O–H groups in total. The van der Waals surface area contributed by atoms with Crippen molar-refractivity contribution in [2.75, 3.05) is 11.4 Å². The number of aliphatic carboxylic acids is 1. The second-order valence-corrected chi connectivity index (χ2v) is 7.95. The van der Waals surface area contributed by atoms with E-state index in [0.717, 1.165) is 10.5 Å². The molecule has 0 spiro atoms. The van der Waals surface area contributed by atoms with E-state index in [-0.39, 0.29) is 23.0 Å². The fraction of sp³-hybridized carbons (Fsp3) is 0.154. The number of aliphatic imine (C=N–C) groups is 1. The van der Waals surface area contributed by atoms with E-state index in [1.54, 1.807) is 37.3 Å². The number of hydrogen-bond donors (Lipinski definition) is 3. The van der Waals surface area contributed by atoms with Crippen molar-refractivity contribution in [1.82, 2.24) is 10.6 Å². The number of nitrogens with one attached hydrogen (secondary N) is 2. The highest BCUT2D eigenvalue weighted by Crippen LogP contribution is 2.29. The van der Waals surface area contributed by atoms with Gasteiger partial charge in [0.2, 0.25) is 6.17 Å². The summed E-state index contributed by atoms with van der Waals surface area (Å²) in [6, 6.07) is 20.6. The van der Waals surface area contributed by atoms with Gasteiger partial charge in [-0.2, -0.15) is 0 Å². The molecule has 0 bridgehead atoms. The van der Waals surface area contributed by atoms with Gasteiger partial charge in [0.1, 0.15) is 12.4 Å². The van der Waals surface area contributed by atoms with Gasteiger partial charge in [-0.25, -0.2) is 14.2 Å². The highest BCUT2D eigenvalue weighted by atomic mass is 19.1. The quantitative estimate of drug-likeness (QED) is 0.508. The molecule has 0 fully saturated rings. The molecule has 4 rings (SSSR count). The predicted octanol–water partition coefficient (Wildman–Crippen LogP) is 3.48. The van der Waals surface area contributed by atoms with Crippen LogP contribution in [-0.2, 0) is 9.59 Å². The summed E-state index contributed by atoms with van der Waals surface area (Å²) in [5.74, 6) is -2.57. The Morgan fingerprint density at radius 2 is 1.63 bits per heavy atom. The van der Waals surface area contributed by atoms with Crippen molar-refractivity contribution < 1.29 is 23.9 Å². The van der Waals surface area contributed by atoms with Crippen LogP contribution < -0.4 is 15.5 Å². The van der Waals surface area contributed by atoms with Crippen LogP contribution in [0.4, 0.5) is 14.9 Å². The van der Waals surface area contributed by atoms with Crippen LogP contribution in [0.5, 0.6) is 0 Å². The van der Waals surface area contributed by atoms with Crippen molar-refractivity contribution in [3.63, 3.8) is 0 Å². The summed E-state index contributed by atoms with van der Waals surface area (Å²) < 4.78 is 14.8.